The molecule has 3 heteroatoms. The molecule has 1 atom stereocenters. The Balaban J connectivity index is 1.56. The van der Waals surface area contributed by atoms with Crippen LogP contribution in [-0.4, -0.2) is 16.3 Å². The van der Waals surface area contributed by atoms with E-state index in [1.54, 1.807) is 0 Å². The Kier molecular flexibility index (Phi) is 5.44. The molecule has 0 spiro atoms. The van der Waals surface area contributed by atoms with Gasteiger partial charge in [0.2, 0.25) is 0 Å². The van der Waals surface area contributed by atoms with Crippen molar-refractivity contribution in [2.24, 2.45) is 0 Å². The Morgan fingerprint density at radius 2 is 1.67 bits per heavy atom. The Labute approximate surface area is 144 Å². The lowest BCUT2D eigenvalue weighted by molar-refractivity contribution is 0.556. The van der Waals surface area contributed by atoms with Crippen molar-refractivity contribution in [2.75, 3.05) is 6.54 Å². The van der Waals surface area contributed by atoms with Gasteiger partial charge in [-0.05, 0) is 50.9 Å². The van der Waals surface area contributed by atoms with Crippen molar-refractivity contribution in [3.8, 4) is 5.69 Å². The number of aromatic nitrogens is 2. The summed E-state index contributed by atoms with van der Waals surface area (Å²) < 4.78 is 2.01. The van der Waals surface area contributed by atoms with E-state index in [9.17, 15) is 0 Å². The van der Waals surface area contributed by atoms with Gasteiger partial charge < -0.3 is 5.32 Å². The lowest BCUT2D eigenvalue weighted by atomic mass is 10.1. The van der Waals surface area contributed by atoms with Crippen LogP contribution in [0.1, 0.15) is 36.2 Å². The van der Waals surface area contributed by atoms with E-state index in [2.05, 4.69) is 66.7 Å². The molecule has 0 amide bonds. The van der Waals surface area contributed by atoms with Crippen LogP contribution in [0.25, 0.3) is 5.69 Å². The molecule has 0 saturated heterocycles. The Bertz CT molecular complexity index is 747. The highest BCUT2D eigenvalue weighted by Crippen LogP contribution is 2.20. The van der Waals surface area contributed by atoms with Crippen LogP contribution in [0.3, 0.4) is 0 Å². The van der Waals surface area contributed by atoms with Gasteiger partial charge in [0.05, 0.1) is 11.9 Å². The quantitative estimate of drug-likeness (QED) is 0.651. The standard InChI is InChI=1S/C21H25N3/c1-17(22-15-9-12-19-10-5-3-6-11-19)21-16-23-24(18(21)2)20-13-7-4-8-14-20/h3-8,10-11,13-14,16-17,22H,9,12,15H2,1-2H3/t17-/m1/s1. The summed E-state index contributed by atoms with van der Waals surface area (Å²) in [6, 6.07) is 21.2. The first-order chi connectivity index (χ1) is 11.8. The number of para-hydroxylation sites is 1. The molecule has 0 bridgehead atoms. The minimum Gasteiger partial charge on any atom is -0.310 e. The average molecular weight is 319 g/mol. The Hall–Kier alpha value is -2.39. The highest BCUT2D eigenvalue weighted by atomic mass is 15.3. The molecular weight excluding hydrogens is 294 g/mol. The molecule has 3 rings (SSSR count). The van der Waals surface area contributed by atoms with Crippen LogP contribution in [0.15, 0.2) is 66.9 Å². The molecule has 1 N–H and O–H groups in total. The molecule has 124 valence electrons. The summed E-state index contributed by atoms with van der Waals surface area (Å²) in [5, 5.41) is 8.18. The second-order valence-corrected chi connectivity index (χ2v) is 6.20. The molecule has 0 aliphatic carbocycles. The fourth-order valence-electron chi connectivity index (χ4n) is 3.04. The number of nitrogens with zero attached hydrogens (tertiary/aromatic N) is 2. The third-order valence-corrected chi connectivity index (χ3v) is 4.45. The molecule has 2 aromatic carbocycles. The summed E-state index contributed by atoms with van der Waals surface area (Å²) in [4.78, 5) is 0. The van der Waals surface area contributed by atoms with Gasteiger partial charge in [-0.15, -0.1) is 0 Å². The van der Waals surface area contributed by atoms with E-state index in [0.717, 1.165) is 25.1 Å². The van der Waals surface area contributed by atoms with Gasteiger partial charge in [0.25, 0.3) is 0 Å². The molecule has 0 saturated carbocycles. The lowest BCUT2D eigenvalue weighted by Gasteiger charge is -2.14. The number of aryl methyl sites for hydroxylation is 1. The smallest absolute Gasteiger partial charge is 0.0648 e. The maximum absolute atomic E-state index is 4.56. The van der Waals surface area contributed by atoms with Crippen molar-refractivity contribution >= 4 is 0 Å². The third kappa shape index (κ3) is 3.92. The number of benzene rings is 2. The minimum atomic E-state index is 0.304. The highest BCUT2D eigenvalue weighted by molar-refractivity contribution is 5.35. The maximum Gasteiger partial charge on any atom is 0.0648 e. The van der Waals surface area contributed by atoms with E-state index in [1.807, 2.05) is 29.1 Å². The zero-order valence-electron chi connectivity index (χ0n) is 14.4. The fraction of sp³-hybridized carbons (Fsp3) is 0.286. The number of nitrogens with one attached hydrogen (secondary N) is 1. The van der Waals surface area contributed by atoms with Gasteiger partial charge in [-0.1, -0.05) is 48.5 Å². The molecule has 1 heterocycles. The van der Waals surface area contributed by atoms with Crippen LogP contribution in [0, 0.1) is 6.92 Å². The van der Waals surface area contributed by atoms with E-state index in [4.69, 9.17) is 0 Å². The topological polar surface area (TPSA) is 29.9 Å². The van der Waals surface area contributed by atoms with E-state index in [-0.39, 0.29) is 0 Å². The molecule has 0 aliphatic rings. The zero-order valence-corrected chi connectivity index (χ0v) is 14.4. The fourth-order valence-corrected chi connectivity index (χ4v) is 3.04. The summed E-state index contributed by atoms with van der Waals surface area (Å²) in [6.07, 6.45) is 4.24. The van der Waals surface area contributed by atoms with Crippen LogP contribution in [0.2, 0.25) is 0 Å². The second-order valence-electron chi connectivity index (χ2n) is 6.20. The predicted molar refractivity (Wildman–Crippen MR) is 99.5 cm³/mol. The molecule has 3 nitrogen and oxygen atoms in total. The van der Waals surface area contributed by atoms with Gasteiger partial charge in [-0.25, -0.2) is 4.68 Å². The van der Waals surface area contributed by atoms with Crippen LogP contribution in [-0.2, 0) is 6.42 Å². The van der Waals surface area contributed by atoms with E-state index in [1.165, 1.54) is 16.8 Å². The van der Waals surface area contributed by atoms with Crippen molar-refractivity contribution in [2.45, 2.75) is 32.7 Å². The number of hydrogen-bond acceptors (Lipinski definition) is 2. The first-order valence-electron chi connectivity index (χ1n) is 8.63. The third-order valence-electron chi connectivity index (χ3n) is 4.45. The van der Waals surface area contributed by atoms with Crippen LogP contribution >= 0.6 is 0 Å². The summed E-state index contributed by atoms with van der Waals surface area (Å²) in [5.74, 6) is 0. The number of hydrogen-bond donors (Lipinski definition) is 1. The summed E-state index contributed by atoms with van der Waals surface area (Å²) in [7, 11) is 0. The van der Waals surface area contributed by atoms with Gasteiger partial charge in [0.15, 0.2) is 0 Å². The largest absolute Gasteiger partial charge is 0.310 e. The molecule has 24 heavy (non-hydrogen) atoms. The summed E-state index contributed by atoms with van der Waals surface area (Å²) in [6.45, 7) is 5.35. The lowest BCUT2D eigenvalue weighted by Crippen LogP contribution is -2.20. The highest BCUT2D eigenvalue weighted by Gasteiger charge is 2.13. The van der Waals surface area contributed by atoms with Gasteiger partial charge in [-0.3, -0.25) is 0 Å². The molecule has 1 aromatic heterocycles. The second kappa shape index (κ2) is 7.93. The average Bonchev–Trinajstić information content (AvgIpc) is 3.02. The van der Waals surface area contributed by atoms with Gasteiger partial charge in [0, 0.05) is 17.3 Å². The van der Waals surface area contributed by atoms with Crippen molar-refractivity contribution in [3.05, 3.63) is 83.7 Å². The Morgan fingerprint density at radius 3 is 2.38 bits per heavy atom. The molecule has 0 aliphatic heterocycles. The van der Waals surface area contributed by atoms with Crippen molar-refractivity contribution in [1.29, 1.82) is 0 Å². The minimum absolute atomic E-state index is 0.304. The van der Waals surface area contributed by atoms with Gasteiger partial charge in [0.1, 0.15) is 0 Å². The first-order valence-corrected chi connectivity index (χ1v) is 8.63. The van der Waals surface area contributed by atoms with Crippen LogP contribution in [0.5, 0.6) is 0 Å². The van der Waals surface area contributed by atoms with E-state index in [0.29, 0.717) is 6.04 Å². The molecule has 0 fully saturated rings. The van der Waals surface area contributed by atoms with Crippen molar-refractivity contribution in [1.82, 2.24) is 15.1 Å². The molecule has 0 unspecified atom stereocenters. The van der Waals surface area contributed by atoms with Gasteiger partial charge >= 0.3 is 0 Å². The molecule has 3 aromatic rings. The van der Waals surface area contributed by atoms with E-state index >= 15 is 0 Å². The van der Waals surface area contributed by atoms with Crippen LogP contribution in [0.4, 0.5) is 0 Å². The van der Waals surface area contributed by atoms with Crippen LogP contribution < -0.4 is 5.32 Å². The summed E-state index contributed by atoms with van der Waals surface area (Å²) >= 11 is 0. The predicted octanol–water partition coefficient (Wildman–Crippen LogP) is 4.46. The molecule has 0 radical (unpaired) electrons. The van der Waals surface area contributed by atoms with Gasteiger partial charge in [-0.2, -0.15) is 5.10 Å². The zero-order chi connectivity index (χ0) is 16.8. The Morgan fingerprint density at radius 1 is 1.00 bits per heavy atom. The van der Waals surface area contributed by atoms with Crippen molar-refractivity contribution in [3.63, 3.8) is 0 Å². The summed E-state index contributed by atoms with van der Waals surface area (Å²) in [5.41, 5.74) is 4.97. The maximum atomic E-state index is 4.56. The van der Waals surface area contributed by atoms with Crippen molar-refractivity contribution < 1.29 is 0 Å². The first kappa shape index (κ1) is 16.5. The molecular formula is C21H25N3. The SMILES string of the molecule is Cc1c([C@@H](C)NCCCc2ccccc2)cnn1-c1ccccc1. The normalized spacial score (nSPS) is 12.2. The monoisotopic (exact) mass is 319 g/mol. The number of rotatable bonds is 7. The van der Waals surface area contributed by atoms with E-state index < -0.39 is 0 Å².